The summed E-state index contributed by atoms with van der Waals surface area (Å²) in [5.41, 5.74) is 8.82. The number of carbonyl (C=O) groups excluding carboxylic acids is 1. The fourth-order valence-electron chi connectivity index (χ4n) is 1.90. The van der Waals surface area contributed by atoms with Crippen molar-refractivity contribution in [1.82, 2.24) is 0 Å². The van der Waals surface area contributed by atoms with Gasteiger partial charge in [-0.3, -0.25) is 0 Å². The van der Waals surface area contributed by atoms with E-state index in [1.54, 1.807) is 14.0 Å². The number of nitrogens with two attached hydrogens (primary N) is 1. The molecule has 0 fully saturated rings. The summed E-state index contributed by atoms with van der Waals surface area (Å²) in [5, 5.41) is 3.06. The Labute approximate surface area is 131 Å². The summed E-state index contributed by atoms with van der Waals surface area (Å²) < 4.78 is 10.3. The predicted octanol–water partition coefficient (Wildman–Crippen LogP) is 1.88. The largest absolute Gasteiger partial charge is 0.460 e. The zero-order valence-electron chi connectivity index (χ0n) is 13.5. The maximum atomic E-state index is 11.4. The SMILES string of the molecule is C=C(C)C(=O)OCCN(CCOC)c1ccc(N)c(NC)c1. The van der Waals surface area contributed by atoms with Gasteiger partial charge in [0.2, 0.25) is 0 Å². The molecule has 0 atom stereocenters. The van der Waals surface area contributed by atoms with E-state index in [1.165, 1.54) is 0 Å². The molecule has 0 spiro atoms. The number of hydrogen-bond donors (Lipinski definition) is 2. The first kappa shape index (κ1) is 17.8. The molecule has 0 amide bonds. The molecule has 0 heterocycles. The quantitative estimate of drug-likeness (QED) is 0.412. The maximum absolute atomic E-state index is 11.4. The van der Waals surface area contributed by atoms with E-state index in [-0.39, 0.29) is 12.6 Å². The lowest BCUT2D eigenvalue weighted by molar-refractivity contribution is -0.138. The molecule has 0 unspecified atom stereocenters. The molecule has 0 aliphatic carbocycles. The van der Waals surface area contributed by atoms with Crippen molar-refractivity contribution in [2.75, 3.05) is 56.4 Å². The standard InChI is InChI=1S/C16H25N3O3/c1-12(2)16(20)22-10-8-19(7-9-21-4)13-5-6-14(17)15(11-13)18-3/h5-6,11,18H,1,7-10,17H2,2-4H3. The van der Waals surface area contributed by atoms with Crippen molar-refractivity contribution in [1.29, 1.82) is 0 Å². The lowest BCUT2D eigenvalue weighted by Crippen LogP contribution is -2.31. The van der Waals surface area contributed by atoms with Gasteiger partial charge in [0.1, 0.15) is 6.61 Å². The van der Waals surface area contributed by atoms with Gasteiger partial charge < -0.3 is 25.4 Å². The Hall–Kier alpha value is -2.21. The van der Waals surface area contributed by atoms with Crippen molar-refractivity contribution >= 4 is 23.0 Å². The molecule has 0 saturated carbocycles. The van der Waals surface area contributed by atoms with Crippen molar-refractivity contribution in [3.8, 4) is 0 Å². The molecule has 0 aliphatic heterocycles. The summed E-state index contributed by atoms with van der Waals surface area (Å²) in [6, 6.07) is 5.75. The van der Waals surface area contributed by atoms with Crippen LogP contribution in [0.5, 0.6) is 0 Å². The first-order valence-corrected chi connectivity index (χ1v) is 7.13. The Morgan fingerprint density at radius 1 is 1.36 bits per heavy atom. The second-order valence-electron chi connectivity index (χ2n) is 4.92. The highest BCUT2D eigenvalue weighted by Crippen LogP contribution is 2.25. The first-order chi connectivity index (χ1) is 10.5. The van der Waals surface area contributed by atoms with Crippen LogP contribution >= 0.6 is 0 Å². The van der Waals surface area contributed by atoms with Crippen molar-refractivity contribution in [3.05, 3.63) is 30.4 Å². The molecule has 0 aromatic heterocycles. The summed E-state index contributed by atoms with van der Waals surface area (Å²) >= 11 is 0. The summed E-state index contributed by atoms with van der Waals surface area (Å²) in [7, 11) is 3.48. The Morgan fingerprint density at radius 3 is 2.64 bits per heavy atom. The minimum atomic E-state index is -0.375. The number of esters is 1. The third-order valence-electron chi connectivity index (χ3n) is 3.18. The zero-order valence-corrected chi connectivity index (χ0v) is 13.5. The summed E-state index contributed by atoms with van der Waals surface area (Å²) in [4.78, 5) is 13.5. The summed E-state index contributed by atoms with van der Waals surface area (Å²) in [6.07, 6.45) is 0. The van der Waals surface area contributed by atoms with Gasteiger partial charge in [-0.15, -0.1) is 0 Å². The topological polar surface area (TPSA) is 76.8 Å². The number of hydrogen-bond acceptors (Lipinski definition) is 6. The van der Waals surface area contributed by atoms with Crippen LogP contribution in [0.3, 0.4) is 0 Å². The van der Waals surface area contributed by atoms with E-state index in [9.17, 15) is 4.79 Å². The lowest BCUT2D eigenvalue weighted by Gasteiger charge is -2.25. The van der Waals surface area contributed by atoms with Crippen LogP contribution in [0, 0.1) is 0 Å². The van der Waals surface area contributed by atoms with Crippen molar-refractivity contribution in [3.63, 3.8) is 0 Å². The number of nitrogens with one attached hydrogen (secondary N) is 1. The fourth-order valence-corrected chi connectivity index (χ4v) is 1.90. The molecule has 6 heteroatoms. The molecule has 6 nitrogen and oxygen atoms in total. The Kier molecular flexibility index (Phi) is 7.25. The van der Waals surface area contributed by atoms with Gasteiger partial charge in [-0.25, -0.2) is 4.79 Å². The molecule has 0 bridgehead atoms. The molecule has 1 aromatic rings. The van der Waals surface area contributed by atoms with Crippen LogP contribution in [0.2, 0.25) is 0 Å². The van der Waals surface area contributed by atoms with Crippen LogP contribution in [0.15, 0.2) is 30.4 Å². The van der Waals surface area contributed by atoms with Crippen LogP contribution in [0.25, 0.3) is 0 Å². The van der Waals surface area contributed by atoms with Gasteiger partial charge in [-0.2, -0.15) is 0 Å². The number of nitrogens with zero attached hydrogens (tertiary/aromatic N) is 1. The van der Waals surface area contributed by atoms with E-state index < -0.39 is 0 Å². The van der Waals surface area contributed by atoms with Crippen LogP contribution < -0.4 is 16.0 Å². The lowest BCUT2D eigenvalue weighted by atomic mass is 10.2. The zero-order chi connectivity index (χ0) is 16.5. The second kappa shape index (κ2) is 8.94. The first-order valence-electron chi connectivity index (χ1n) is 7.13. The fraction of sp³-hybridized carbons (Fsp3) is 0.438. The number of rotatable bonds is 9. The molecule has 0 radical (unpaired) electrons. The van der Waals surface area contributed by atoms with Crippen LogP contribution in [0.1, 0.15) is 6.92 Å². The minimum absolute atomic E-state index is 0.286. The molecule has 1 rings (SSSR count). The normalized spacial score (nSPS) is 10.1. The van der Waals surface area contributed by atoms with Crippen molar-refractivity contribution in [2.45, 2.75) is 6.92 Å². The van der Waals surface area contributed by atoms with E-state index in [2.05, 4.69) is 16.8 Å². The number of ether oxygens (including phenoxy) is 2. The van der Waals surface area contributed by atoms with Gasteiger partial charge in [0.15, 0.2) is 0 Å². The highest BCUT2D eigenvalue weighted by atomic mass is 16.5. The van der Waals surface area contributed by atoms with Gasteiger partial charge in [0.05, 0.1) is 24.5 Å². The third kappa shape index (κ3) is 5.29. The van der Waals surface area contributed by atoms with E-state index >= 15 is 0 Å². The highest BCUT2D eigenvalue weighted by molar-refractivity contribution is 5.86. The van der Waals surface area contributed by atoms with Crippen LogP contribution in [-0.2, 0) is 14.3 Å². The predicted molar refractivity (Wildman–Crippen MR) is 90.3 cm³/mol. The van der Waals surface area contributed by atoms with E-state index in [1.807, 2.05) is 25.2 Å². The van der Waals surface area contributed by atoms with Crippen LogP contribution in [0.4, 0.5) is 17.1 Å². The van der Waals surface area contributed by atoms with Gasteiger partial charge >= 0.3 is 5.97 Å². The maximum Gasteiger partial charge on any atom is 0.333 e. The smallest absolute Gasteiger partial charge is 0.333 e. The van der Waals surface area contributed by atoms with Gasteiger partial charge in [0.25, 0.3) is 0 Å². The monoisotopic (exact) mass is 307 g/mol. The van der Waals surface area contributed by atoms with Gasteiger partial charge in [-0.1, -0.05) is 6.58 Å². The molecule has 0 saturated heterocycles. The number of carbonyl (C=O) groups is 1. The Morgan fingerprint density at radius 2 is 2.05 bits per heavy atom. The average molecular weight is 307 g/mol. The summed E-state index contributed by atoms with van der Waals surface area (Å²) in [6.45, 7) is 7.31. The second-order valence-corrected chi connectivity index (χ2v) is 4.92. The molecule has 22 heavy (non-hydrogen) atoms. The third-order valence-corrected chi connectivity index (χ3v) is 3.18. The number of benzene rings is 1. The molecular weight excluding hydrogens is 282 g/mol. The average Bonchev–Trinajstić information content (AvgIpc) is 2.51. The molecule has 3 N–H and O–H groups in total. The molecular formula is C16H25N3O3. The highest BCUT2D eigenvalue weighted by Gasteiger charge is 2.10. The summed E-state index contributed by atoms with van der Waals surface area (Å²) in [5.74, 6) is -0.375. The van der Waals surface area contributed by atoms with E-state index in [4.69, 9.17) is 15.2 Å². The van der Waals surface area contributed by atoms with Crippen molar-refractivity contribution < 1.29 is 14.3 Å². The minimum Gasteiger partial charge on any atom is -0.460 e. The van der Waals surface area contributed by atoms with E-state index in [0.29, 0.717) is 31.0 Å². The molecule has 1 aromatic carbocycles. The van der Waals surface area contributed by atoms with E-state index in [0.717, 1.165) is 11.4 Å². The Bertz CT molecular complexity index is 517. The molecule has 0 aliphatic rings. The number of nitrogen functional groups attached to an aromatic ring is 1. The van der Waals surface area contributed by atoms with Gasteiger partial charge in [0, 0.05) is 32.0 Å². The molecule has 122 valence electrons. The number of anilines is 3. The van der Waals surface area contributed by atoms with Crippen LogP contribution in [-0.4, -0.2) is 46.4 Å². The Balaban J connectivity index is 2.75. The van der Waals surface area contributed by atoms with Gasteiger partial charge in [-0.05, 0) is 25.1 Å². The number of methoxy groups -OCH3 is 1. The van der Waals surface area contributed by atoms with Crippen molar-refractivity contribution in [2.24, 2.45) is 0 Å².